The van der Waals surface area contributed by atoms with Crippen LogP contribution in [0.4, 0.5) is 0 Å². The predicted octanol–water partition coefficient (Wildman–Crippen LogP) is 8.55. The molecule has 2 heterocycles. The van der Waals surface area contributed by atoms with Crippen LogP contribution in [0.1, 0.15) is 26.7 Å². The number of hydrogen-bond donors (Lipinski definition) is 0. The van der Waals surface area contributed by atoms with Gasteiger partial charge in [-0.3, -0.25) is 4.98 Å². The third-order valence-corrected chi connectivity index (χ3v) is 7.14. The number of rotatable bonds is 2. The minimum absolute atomic E-state index is 0.647. The summed E-state index contributed by atoms with van der Waals surface area (Å²) in [7, 11) is 0. The van der Waals surface area contributed by atoms with E-state index in [-0.39, 0.29) is 0 Å². The largest absolute Gasteiger partial charge is 0.256 e. The fraction of sp³-hybridized carbons (Fsp3) is 0.107. The Morgan fingerprint density at radius 1 is 0.767 bits per heavy atom. The van der Waals surface area contributed by atoms with Gasteiger partial charge < -0.3 is 0 Å². The molecular formula is C28H21NS. The van der Waals surface area contributed by atoms with Gasteiger partial charge in [0.2, 0.25) is 0 Å². The first-order valence-electron chi connectivity index (χ1n) is 10.7. The topological polar surface area (TPSA) is 12.9 Å². The molecule has 0 saturated heterocycles. The maximum absolute atomic E-state index is 8.40. The zero-order chi connectivity index (χ0) is 21.2. The smallest absolute Gasteiger partial charge is 0.0719 e. The summed E-state index contributed by atoms with van der Waals surface area (Å²) in [5.41, 5.74) is 3.05. The Bertz CT molecular complexity index is 1620. The minimum Gasteiger partial charge on any atom is -0.256 e. The Labute approximate surface area is 181 Å². The second-order valence-electron chi connectivity index (χ2n) is 8.11. The molecule has 0 aliphatic heterocycles. The van der Waals surface area contributed by atoms with Gasteiger partial charge in [-0.1, -0.05) is 56.3 Å². The molecule has 4 aromatic carbocycles. The van der Waals surface area contributed by atoms with Crippen LogP contribution in [0, 0.1) is 0 Å². The van der Waals surface area contributed by atoms with E-state index in [1.165, 1.54) is 41.7 Å². The van der Waals surface area contributed by atoms with E-state index >= 15 is 0 Å². The van der Waals surface area contributed by atoms with Gasteiger partial charge in [-0.2, -0.15) is 0 Å². The van der Waals surface area contributed by atoms with Gasteiger partial charge in [-0.15, -0.1) is 11.3 Å². The molecule has 144 valence electrons. The average Bonchev–Trinajstić information content (AvgIpc) is 3.13. The van der Waals surface area contributed by atoms with E-state index in [0.717, 1.165) is 16.8 Å². The summed E-state index contributed by atoms with van der Waals surface area (Å²) in [6.07, 6.45) is 1.83. The molecule has 6 rings (SSSR count). The molecule has 1 nitrogen and oxygen atoms in total. The summed E-state index contributed by atoms with van der Waals surface area (Å²) in [6, 6.07) is 28.3. The highest BCUT2D eigenvalue weighted by molar-refractivity contribution is 7.26. The Balaban J connectivity index is 1.63. The second kappa shape index (κ2) is 6.65. The van der Waals surface area contributed by atoms with Crippen molar-refractivity contribution < 1.29 is 1.37 Å². The van der Waals surface area contributed by atoms with Crippen molar-refractivity contribution in [2.75, 3.05) is 0 Å². The van der Waals surface area contributed by atoms with Crippen LogP contribution in [0.5, 0.6) is 0 Å². The van der Waals surface area contributed by atoms with Crippen molar-refractivity contribution in [1.29, 1.82) is 0 Å². The molecule has 0 radical (unpaired) electrons. The van der Waals surface area contributed by atoms with Crippen molar-refractivity contribution in [3.8, 4) is 11.3 Å². The molecule has 0 atom stereocenters. The normalized spacial score (nSPS) is 12.8. The lowest BCUT2D eigenvalue weighted by atomic mass is 9.99. The summed E-state index contributed by atoms with van der Waals surface area (Å²) in [5, 5.41) is 7.65. The molecule has 2 aromatic heterocycles. The third-order valence-electron chi connectivity index (χ3n) is 5.93. The lowest BCUT2D eigenvalue weighted by Crippen LogP contribution is -1.90. The minimum atomic E-state index is -0.647. The number of hydrogen-bond acceptors (Lipinski definition) is 2. The maximum Gasteiger partial charge on any atom is 0.0719 e. The highest BCUT2D eigenvalue weighted by Gasteiger charge is 2.13. The lowest BCUT2D eigenvalue weighted by Gasteiger charge is -2.08. The first kappa shape index (κ1) is 16.6. The number of aromatic nitrogens is 1. The van der Waals surface area contributed by atoms with Crippen LogP contribution < -0.4 is 0 Å². The highest BCUT2D eigenvalue weighted by atomic mass is 32.1. The molecule has 0 aliphatic carbocycles. The standard InChI is InChI=1S/C28H21NS/c1-17(2)18-10-11-29-26(15-18)24-9-5-8-23-25-14-21-12-19-6-3-4-7-20(19)13-22(21)16-27(25)30-28(23)24/h3-17H,1-2H3/i17D. The third kappa shape index (κ3) is 2.72. The van der Waals surface area contributed by atoms with Gasteiger partial charge in [0.25, 0.3) is 0 Å². The highest BCUT2D eigenvalue weighted by Crippen LogP contribution is 2.41. The van der Waals surface area contributed by atoms with Crippen molar-refractivity contribution in [3.05, 3.63) is 90.6 Å². The fourth-order valence-corrected chi connectivity index (χ4v) is 5.58. The number of fused-ring (bicyclic) bond motifs is 5. The zero-order valence-electron chi connectivity index (χ0n) is 17.9. The van der Waals surface area contributed by atoms with Crippen LogP contribution in [0.25, 0.3) is 53.0 Å². The van der Waals surface area contributed by atoms with Crippen molar-refractivity contribution in [1.82, 2.24) is 4.98 Å². The molecular weight excluding hydrogens is 382 g/mol. The summed E-state index contributed by atoms with van der Waals surface area (Å²) >= 11 is 1.83. The van der Waals surface area contributed by atoms with E-state index in [9.17, 15) is 0 Å². The summed E-state index contributed by atoms with van der Waals surface area (Å²) < 4.78 is 10.9. The Hall–Kier alpha value is -3.23. The number of nitrogens with zero attached hydrogens (tertiary/aromatic N) is 1. The van der Waals surface area contributed by atoms with Crippen LogP contribution in [-0.2, 0) is 0 Å². The van der Waals surface area contributed by atoms with Crippen LogP contribution in [-0.4, -0.2) is 4.98 Å². The van der Waals surface area contributed by atoms with E-state index in [2.05, 4.69) is 77.8 Å². The second-order valence-corrected chi connectivity index (χ2v) is 9.16. The van der Waals surface area contributed by atoms with E-state index in [0.29, 0.717) is 0 Å². The monoisotopic (exact) mass is 404 g/mol. The Kier molecular flexibility index (Phi) is 3.67. The molecule has 0 bridgehead atoms. The Morgan fingerprint density at radius 3 is 2.30 bits per heavy atom. The van der Waals surface area contributed by atoms with Gasteiger partial charge in [0.15, 0.2) is 0 Å². The van der Waals surface area contributed by atoms with Crippen molar-refractivity contribution in [2.45, 2.75) is 19.7 Å². The molecule has 6 aromatic rings. The van der Waals surface area contributed by atoms with Crippen molar-refractivity contribution in [2.24, 2.45) is 0 Å². The molecule has 2 heteroatoms. The first-order chi connectivity index (χ1) is 15.0. The van der Waals surface area contributed by atoms with E-state index in [1.54, 1.807) is 0 Å². The van der Waals surface area contributed by atoms with Crippen LogP contribution in [0.15, 0.2) is 85.1 Å². The Morgan fingerprint density at radius 2 is 1.53 bits per heavy atom. The van der Waals surface area contributed by atoms with E-state index in [4.69, 9.17) is 1.37 Å². The molecule has 0 spiro atoms. The maximum atomic E-state index is 8.40. The van der Waals surface area contributed by atoms with Crippen LogP contribution in [0.3, 0.4) is 0 Å². The summed E-state index contributed by atoms with van der Waals surface area (Å²) in [6.45, 7) is 3.84. The van der Waals surface area contributed by atoms with Gasteiger partial charge in [-0.25, -0.2) is 0 Å². The van der Waals surface area contributed by atoms with Gasteiger partial charge in [-0.05, 0) is 69.4 Å². The van der Waals surface area contributed by atoms with Crippen molar-refractivity contribution >= 4 is 53.1 Å². The summed E-state index contributed by atoms with van der Waals surface area (Å²) in [5.74, 6) is -0.647. The van der Waals surface area contributed by atoms with Gasteiger partial charge in [0.05, 0.1) is 5.69 Å². The van der Waals surface area contributed by atoms with Gasteiger partial charge >= 0.3 is 0 Å². The number of benzene rings is 4. The molecule has 0 unspecified atom stereocenters. The quantitative estimate of drug-likeness (QED) is 0.263. The number of thiophene rings is 1. The molecule has 0 aliphatic rings. The van der Waals surface area contributed by atoms with Gasteiger partial charge in [0.1, 0.15) is 0 Å². The van der Waals surface area contributed by atoms with Crippen LogP contribution >= 0.6 is 11.3 Å². The average molecular weight is 405 g/mol. The molecule has 30 heavy (non-hydrogen) atoms. The van der Waals surface area contributed by atoms with Gasteiger partial charge in [0, 0.05) is 33.3 Å². The lowest BCUT2D eigenvalue weighted by molar-refractivity contribution is 0.864. The molecule has 0 fully saturated rings. The number of pyridine rings is 1. The molecule has 0 amide bonds. The summed E-state index contributed by atoms with van der Waals surface area (Å²) in [4.78, 5) is 4.66. The predicted molar refractivity (Wildman–Crippen MR) is 132 cm³/mol. The van der Waals surface area contributed by atoms with E-state index in [1.807, 2.05) is 37.4 Å². The SMILES string of the molecule is [2H]C(C)(C)c1ccnc(-c2cccc3c2sc2cc4cc5ccccc5cc4cc23)c1. The van der Waals surface area contributed by atoms with E-state index < -0.39 is 5.89 Å². The van der Waals surface area contributed by atoms with Crippen LogP contribution in [0.2, 0.25) is 0 Å². The first-order valence-corrected chi connectivity index (χ1v) is 11.0. The fourth-order valence-electron chi connectivity index (χ4n) is 4.33. The molecule has 0 saturated carbocycles. The van der Waals surface area contributed by atoms with Crippen molar-refractivity contribution in [3.63, 3.8) is 0 Å². The molecule has 0 N–H and O–H groups in total. The zero-order valence-corrected chi connectivity index (χ0v) is 17.8.